The molecule has 0 aliphatic carbocycles. The van der Waals surface area contributed by atoms with Crippen molar-refractivity contribution in [1.29, 1.82) is 0 Å². The highest BCUT2D eigenvalue weighted by Gasteiger charge is 2.19. The quantitative estimate of drug-likeness (QED) is 0.575. The fraction of sp³-hybridized carbons (Fsp3) is 0.381. The molecule has 0 atom stereocenters. The van der Waals surface area contributed by atoms with Crippen molar-refractivity contribution < 1.29 is 19.4 Å². The van der Waals surface area contributed by atoms with E-state index in [0.29, 0.717) is 31.1 Å². The Morgan fingerprint density at radius 2 is 2.15 bits per heavy atom. The van der Waals surface area contributed by atoms with E-state index in [0.717, 1.165) is 23.5 Å². The van der Waals surface area contributed by atoms with Crippen molar-refractivity contribution in [3.63, 3.8) is 0 Å². The molecule has 2 heterocycles. The van der Waals surface area contributed by atoms with Gasteiger partial charge in [0, 0.05) is 36.1 Å². The lowest BCUT2D eigenvalue weighted by Crippen LogP contribution is -2.35. The molecule has 1 aromatic heterocycles. The summed E-state index contributed by atoms with van der Waals surface area (Å²) in [4.78, 5) is 15.9. The van der Waals surface area contributed by atoms with Gasteiger partial charge in [0.2, 0.25) is 0 Å². The number of carbonyl (C=O) groups excluding carboxylic acids is 1. The van der Waals surface area contributed by atoms with Gasteiger partial charge in [-0.15, -0.1) is 11.3 Å². The average Bonchev–Trinajstić information content (AvgIpc) is 3.16. The molecule has 144 valence electrons. The number of phenols is 1. The van der Waals surface area contributed by atoms with E-state index in [2.05, 4.69) is 4.90 Å². The van der Waals surface area contributed by atoms with Gasteiger partial charge in [-0.25, -0.2) is 0 Å². The van der Waals surface area contributed by atoms with Crippen LogP contribution in [0.5, 0.6) is 11.5 Å². The number of nitrogens with zero attached hydrogens (tertiary/aromatic N) is 1. The number of ether oxygens (including phenoxy) is 2. The fourth-order valence-electron chi connectivity index (χ4n) is 2.93. The summed E-state index contributed by atoms with van der Waals surface area (Å²) < 4.78 is 11.3. The molecular weight excluding hydrogens is 362 g/mol. The third-order valence-corrected chi connectivity index (χ3v) is 5.08. The SMILES string of the molecule is CC(C)Oc1cc(O)c(C(=O)/C=C/c2cccs2)cc1CN1CCOCC1. The van der Waals surface area contributed by atoms with Crippen LogP contribution in [0.2, 0.25) is 0 Å². The molecule has 27 heavy (non-hydrogen) atoms. The first-order valence-corrected chi connectivity index (χ1v) is 9.99. The topological polar surface area (TPSA) is 59.0 Å². The van der Waals surface area contributed by atoms with Gasteiger partial charge in [0.05, 0.1) is 24.9 Å². The van der Waals surface area contributed by atoms with Gasteiger partial charge in [0.25, 0.3) is 0 Å². The molecular formula is C21H25NO4S. The number of morpholine rings is 1. The van der Waals surface area contributed by atoms with Gasteiger partial charge >= 0.3 is 0 Å². The van der Waals surface area contributed by atoms with Crippen LogP contribution in [0.3, 0.4) is 0 Å². The van der Waals surface area contributed by atoms with E-state index in [-0.39, 0.29) is 17.6 Å². The monoisotopic (exact) mass is 387 g/mol. The molecule has 1 N–H and O–H groups in total. The van der Waals surface area contributed by atoms with Gasteiger partial charge in [0.1, 0.15) is 11.5 Å². The summed E-state index contributed by atoms with van der Waals surface area (Å²) in [5.41, 5.74) is 1.19. The van der Waals surface area contributed by atoms with Crippen LogP contribution in [0.25, 0.3) is 6.08 Å². The van der Waals surface area contributed by atoms with E-state index in [9.17, 15) is 9.90 Å². The summed E-state index contributed by atoms with van der Waals surface area (Å²) in [6, 6.07) is 7.19. The molecule has 1 aliphatic heterocycles. The summed E-state index contributed by atoms with van der Waals surface area (Å²) >= 11 is 1.56. The van der Waals surface area contributed by atoms with Crippen LogP contribution in [0, 0.1) is 0 Å². The Labute approximate surface area is 163 Å². The maximum atomic E-state index is 12.6. The molecule has 0 bridgehead atoms. The lowest BCUT2D eigenvalue weighted by molar-refractivity contribution is 0.0336. The molecule has 1 aliphatic rings. The molecule has 1 fully saturated rings. The number of hydrogen-bond acceptors (Lipinski definition) is 6. The highest BCUT2D eigenvalue weighted by atomic mass is 32.1. The summed E-state index contributed by atoms with van der Waals surface area (Å²) in [6.45, 7) is 7.62. The standard InChI is InChI=1S/C21H25NO4S/c1-15(2)26-21-13-20(24)18(19(23)6-5-17-4-3-11-27-17)12-16(21)14-22-7-9-25-10-8-22/h3-6,11-13,15,24H,7-10,14H2,1-2H3/b6-5+. The fourth-order valence-corrected chi connectivity index (χ4v) is 3.55. The van der Waals surface area contributed by atoms with E-state index in [1.165, 1.54) is 6.08 Å². The molecule has 6 heteroatoms. The Hall–Kier alpha value is -2.15. The largest absolute Gasteiger partial charge is 0.507 e. The molecule has 0 amide bonds. The maximum absolute atomic E-state index is 12.6. The summed E-state index contributed by atoms with van der Waals surface area (Å²) in [5, 5.41) is 12.4. The number of rotatable bonds is 7. The minimum atomic E-state index is -0.222. The zero-order valence-electron chi connectivity index (χ0n) is 15.7. The number of aromatic hydroxyl groups is 1. The third kappa shape index (κ3) is 5.42. The normalized spacial score (nSPS) is 15.5. The zero-order chi connectivity index (χ0) is 19.2. The highest BCUT2D eigenvalue weighted by molar-refractivity contribution is 7.10. The Balaban J connectivity index is 1.86. The summed E-state index contributed by atoms with van der Waals surface area (Å²) in [6.07, 6.45) is 3.25. The maximum Gasteiger partial charge on any atom is 0.189 e. The molecule has 5 nitrogen and oxygen atoms in total. The number of hydrogen-bond donors (Lipinski definition) is 1. The Bertz CT molecular complexity index is 793. The number of thiophene rings is 1. The van der Waals surface area contributed by atoms with Crippen LogP contribution in [0.4, 0.5) is 0 Å². The van der Waals surface area contributed by atoms with Gasteiger partial charge < -0.3 is 14.6 Å². The number of carbonyl (C=O) groups is 1. The van der Waals surface area contributed by atoms with E-state index >= 15 is 0 Å². The summed E-state index contributed by atoms with van der Waals surface area (Å²) in [5.74, 6) is 0.338. The average molecular weight is 388 g/mol. The van der Waals surface area contributed by atoms with Crippen LogP contribution in [0.15, 0.2) is 35.7 Å². The molecule has 2 aromatic rings. The molecule has 0 unspecified atom stereocenters. The van der Waals surface area contributed by atoms with E-state index in [1.54, 1.807) is 29.5 Å². The zero-order valence-corrected chi connectivity index (χ0v) is 16.5. The molecule has 0 radical (unpaired) electrons. The van der Waals surface area contributed by atoms with Gasteiger partial charge in [-0.2, -0.15) is 0 Å². The van der Waals surface area contributed by atoms with Gasteiger partial charge in [-0.05, 0) is 43.5 Å². The number of allylic oxidation sites excluding steroid dienone is 1. The summed E-state index contributed by atoms with van der Waals surface area (Å²) in [7, 11) is 0. The van der Waals surface area contributed by atoms with Crippen LogP contribution in [-0.4, -0.2) is 48.2 Å². The van der Waals surface area contributed by atoms with Gasteiger partial charge in [0.15, 0.2) is 5.78 Å². The predicted molar refractivity (Wildman–Crippen MR) is 108 cm³/mol. The second-order valence-corrected chi connectivity index (χ2v) is 7.72. The van der Waals surface area contributed by atoms with E-state index < -0.39 is 0 Å². The van der Waals surface area contributed by atoms with Crippen LogP contribution in [-0.2, 0) is 11.3 Å². The first-order valence-electron chi connectivity index (χ1n) is 9.11. The number of ketones is 1. The second kappa shape index (κ2) is 9.17. The first-order chi connectivity index (χ1) is 13.0. The first kappa shape index (κ1) is 19.6. The molecule has 0 spiro atoms. The second-order valence-electron chi connectivity index (χ2n) is 6.75. The molecule has 1 aromatic carbocycles. The van der Waals surface area contributed by atoms with Crippen LogP contribution >= 0.6 is 11.3 Å². The Kier molecular flexibility index (Phi) is 6.66. The number of benzene rings is 1. The van der Waals surface area contributed by atoms with Crippen molar-refractivity contribution in [3.05, 3.63) is 51.7 Å². The van der Waals surface area contributed by atoms with Crippen molar-refractivity contribution in [1.82, 2.24) is 4.90 Å². The van der Waals surface area contributed by atoms with Crippen molar-refractivity contribution in [2.75, 3.05) is 26.3 Å². The Morgan fingerprint density at radius 3 is 2.81 bits per heavy atom. The smallest absolute Gasteiger partial charge is 0.189 e. The minimum absolute atomic E-state index is 0.0203. The Morgan fingerprint density at radius 1 is 1.37 bits per heavy atom. The van der Waals surface area contributed by atoms with E-state index in [4.69, 9.17) is 9.47 Å². The van der Waals surface area contributed by atoms with Gasteiger partial charge in [-0.1, -0.05) is 6.07 Å². The molecule has 3 rings (SSSR count). The minimum Gasteiger partial charge on any atom is -0.507 e. The number of phenolic OH excluding ortho intramolecular Hbond substituents is 1. The lowest BCUT2D eigenvalue weighted by atomic mass is 10.0. The van der Waals surface area contributed by atoms with Crippen molar-refractivity contribution in [2.24, 2.45) is 0 Å². The molecule has 1 saturated heterocycles. The van der Waals surface area contributed by atoms with Crippen molar-refractivity contribution >= 4 is 23.2 Å². The van der Waals surface area contributed by atoms with E-state index in [1.807, 2.05) is 31.4 Å². The lowest BCUT2D eigenvalue weighted by Gasteiger charge is -2.28. The predicted octanol–water partition coefficient (Wildman–Crippen LogP) is 3.97. The van der Waals surface area contributed by atoms with Crippen LogP contribution in [0.1, 0.15) is 34.6 Å². The van der Waals surface area contributed by atoms with Crippen molar-refractivity contribution in [3.8, 4) is 11.5 Å². The van der Waals surface area contributed by atoms with Crippen LogP contribution < -0.4 is 4.74 Å². The molecule has 0 saturated carbocycles. The third-order valence-electron chi connectivity index (χ3n) is 4.25. The van der Waals surface area contributed by atoms with Gasteiger partial charge in [-0.3, -0.25) is 9.69 Å². The highest BCUT2D eigenvalue weighted by Crippen LogP contribution is 2.31. The van der Waals surface area contributed by atoms with Crippen molar-refractivity contribution in [2.45, 2.75) is 26.5 Å².